The summed E-state index contributed by atoms with van der Waals surface area (Å²) in [7, 11) is 2.05. The Balaban J connectivity index is 1.23. The van der Waals surface area contributed by atoms with E-state index in [1.165, 1.54) is 36.1 Å². The minimum absolute atomic E-state index is 0.365. The zero-order chi connectivity index (χ0) is 18.1. The normalized spacial score (nSPS) is 33.5. The van der Waals surface area contributed by atoms with E-state index in [0.29, 0.717) is 11.8 Å². The van der Waals surface area contributed by atoms with Crippen LogP contribution in [0, 0.1) is 29.6 Å². The molecular formula is C23H27N3O. The van der Waals surface area contributed by atoms with Crippen LogP contribution in [-0.4, -0.2) is 33.7 Å². The van der Waals surface area contributed by atoms with Gasteiger partial charge < -0.3 is 4.90 Å². The largest absolute Gasteiger partial charge is 0.342 e. The molecule has 0 radical (unpaired) electrons. The molecule has 140 valence electrons. The summed E-state index contributed by atoms with van der Waals surface area (Å²) in [6.07, 6.45) is 6.03. The zero-order valence-electron chi connectivity index (χ0n) is 16.0. The molecule has 4 aliphatic rings. The summed E-state index contributed by atoms with van der Waals surface area (Å²) in [5.74, 6) is 4.04. The van der Waals surface area contributed by atoms with Crippen molar-refractivity contribution in [2.45, 2.75) is 32.1 Å². The van der Waals surface area contributed by atoms with Gasteiger partial charge in [-0.25, -0.2) is 0 Å². The molecule has 27 heavy (non-hydrogen) atoms. The number of aryl methyl sites for hydroxylation is 1. The second-order valence-electron chi connectivity index (χ2n) is 9.10. The van der Waals surface area contributed by atoms with Crippen molar-refractivity contribution < 1.29 is 4.79 Å². The molecule has 0 N–H and O–H groups in total. The number of rotatable bonds is 2. The number of fused-ring (bicyclic) bond motifs is 6. The summed E-state index contributed by atoms with van der Waals surface area (Å²) in [6, 6.07) is 10.5. The van der Waals surface area contributed by atoms with Crippen molar-refractivity contribution in [1.82, 2.24) is 14.7 Å². The zero-order valence-corrected chi connectivity index (χ0v) is 16.0. The van der Waals surface area contributed by atoms with Crippen molar-refractivity contribution in [1.29, 1.82) is 0 Å². The smallest absolute Gasteiger partial charge is 0.226 e. The van der Waals surface area contributed by atoms with Crippen LogP contribution in [0.2, 0.25) is 0 Å². The third kappa shape index (κ3) is 2.28. The fraction of sp³-hybridized carbons (Fsp3) is 0.565. The van der Waals surface area contributed by atoms with Gasteiger partial charge in [0.1, 0.15) is 0 Å². The Morgan fingerprint density at radius 1 is 1.04 bits per heavy atom. The van der Waals surface area contributed by atoms with E-state index in [4.69, 9.17) is 5.10 Å². The van der Waals surface area contributed by atoms with Crippen molar-refractivity contribution in [2.24, 2.45) is 36.6 Å². The highest BCUT2D eigenvalue weighted by Gasteiger charge is 2.67. The van der Waals surface area contributed by atoms with E-state index in [-0.39, 0.29) is 0 Å². The number of amides is 1. The second-order valence-corrected chi connectivity index (χ2v) is 9.10. The van der Waals surface area contributed by atoms with Gasteiger partial charge in [0.2, 0.25) is 5.91 Å². The first-order chi connectivity index (χ1) is 13.2. The first kappa shape index (κ1) is 15.9. The molecule has 4 nitrogen and oxygen atoms in total. The average molecular weight is 361 g/mol. The number of carbonyl (C=O) groups excluding carboxylic acids is 1. The van der Waals surface area contributed by atoms with Crippen molar-refractivity contribution in [3.63, 3.8) is 0 Å². The van der Waals surface area contributed by atoms with E-state index in [2.05, 4.69) is 29.2 Å². The molecule has 5 atom stereocenters. The van der Waals surface area contributed by atoms with Crippen molar-refractivity contribution in [3.05, 3.63) is 41.6 Å². The summed E-state index contributed by atoms with van der Waals surface area (Å²) in [5, 5.41) is 4.81. The Kier molecular flexibility index (Phi) is 3.36. The van der Waals surface area contributed by atoms with Crippen LogP contribution in [0.4, 0.5) is 0 Å². The van der Waals surface area contributed by atoms with E-state index >= 15 is 0 Å². The van der Waals surface area contributed by atoms with Crippen LogP contribution in [0.1, 0.15) is 30.5 Å². The average Bonchev–Trinajstić information content (AvgIpc) is 3.07. The Morgan fingerprint density at radius 2 is 1.74 bits per heavy atom. The van der Waals surface area contributed by atoms with Crippen LogP contribution in [0.5, 0.6) is 0 Å². The van der Waals surface area contributed by atoms with Gasteiger partial charge in [0, 0.05) is 49.3 Å². The number of hydrogen-bond acceptors (Lipinski definition) is 2. The summed E-state index contributed by atoms with van der Waals surface area (Å²) in [4.78, 5) is 15.4. The number of hydrogen-bond donors (Lipinski definition) is 0. The molecule has 0 spiro atoms. The SMILES string of the molecule is Cn1nc(-c2ccccc2)c2c1CCN(C(=O)C1[C@@H]3[C@H]4CC[C@H](C4)[C@H]13)CC2. The molecule has 1 aliphatic heterocycles. The highest BCUT2D eigenvalue weighted by Crippen LogP contribution is 2.69. The highest BCUT2D eigenvalue weighted by atomic mass is 16.2. The van der Waals surface area contributed by atoms with Crippen LogP contribution in [0.25, 0.3) is 11.3 Å². The maximum atomic E-state index is 13.3. The molecule has 1 aromatic carbocycles. The molecule has 1 amide bonds. The number of carbonyl (C=O) groups is 1. The summed E-state index contributed by atoms with van der Waals surface area (Å²) >= 11 is 0. The molecular weight excluding hydrogens is 334 g/mol. The van der Waals surface area contributed by atoms with Crippen molar-refractivity contribution in [3.8, 4) is 11.3 Å². The molecule has 3 fully saturated rings. The Labute approximate surface area is 160 Å². The molecule has 2 heterocycles. The van der Waals surface area contributed by atoms with Gasteiger partial charge in [-0.15, -0.1) is 0 Å². The van der Waals surface area contributed by atoms with Gasteiger partial charge >= 0.3 is 0 Å². The molecule has 3 saturated carbocycles. The lowest BCUT2D eigenvalue weighted by molar-refractivity contribution is -0.133. The molecule has 2 aromatic rings. The van der Waals surface area contributed by atoms with Crippen LogP contribution >= 0.6 is 0 Å². The van der Waals surface area contributed by atoms with Gasteiger partial charge in [0.15, 0.2) is 0 Å². The molecule has 3 aliphatic carbocycles. The van der Waals surface area contributed by atoms with E-state index in [1.807, 2.05) is 17.8 Å². The standard InChI is InChI=1S/C23H27N3O/c1-25-18-10-12-26(23(27)21-19-15-7-8-16(13-15)20(19)21)11-9-17(18)22(24-25)14-5-3-2-4-6-14/h2-6,15-16,19-21H,7-13H2,1H3/t15-,16+,19+,20-,21?. The van der Waals surface area contributed by atoms with E-state index in [9.17, 15) is 4.79 Å². The van der Waals surface area contributed by atoms with Gasteiger partial charge in [-0.3, -0.25) is 9.48 Å². The van der Waals surface area contributed by atoms with Gasteiger partial charge in [-0.2, -0.15) is 5.10 Å². The fourth-order valence-electron chi connectivity index (χ4n) is 6.69. The summed E-state index contributed by atoms with van der Waals surface area (Å²) in [5.41, 5.74) is 4.93. The molecule has 0 saturated heterocycles. The van der Waals surface area contributed by atoms with Crippen LogP contribution in [0.15, 0.2) is 30.3 Å². The first-order valence-corrected chi connectivity index (χ1v) is 10.6. The summed E-state index contributed by atoms with van der Waals surface area (Å²) < 4.78 is 2.04. The minimum atomic E-state index is 0.365. The maximum absolute atomic E-state index is 13.3. The minimum Gasteiger partial charge on any atom is -0.342 e. The summed E-state index contributed by atoms with van der Waals surface area (Å²) in [6.45, 7) is 1.70. The molecule has 4 heteroatoms. The Morgan fingerprint density at radius 3 is 2.48 bits per heavy atom. The second kappa shape index (κ2) is 5.70. The van der Waals surface area contributed by atoms with E-state index in [0.717, 1.165) is 55.3 Å². The molecule has 2 bridgehead atoms. The Bertz CT molecular complexity index is 886. The lowest BCUT2D eigenvalue weighted by Gasteiger charge is -2.22. The monoisotopic (exact) mass is 361 g/mol. The van der Waals surface area contributed by atoms with Crippen molar-refractivity contribution in [2.75, 3.05) is 13.1 Å². The number of benzene rings is 1. The van der Waals surface area contributed by atoms with Crippen LogP contribution in [-0.2, 0) is 24.7 Å². The third-order valence-electron chi connectivity index (χ3n) is 7.90. The fourth-order valence-corrected chi connectivity index (χ4v) is 6.69. The van der Waals surface area contributed by atoms with Gasteiger partial charge in [0.05, 0.1) is 5.69 Å². The molecule has 1 unspecified atom stereocenters. The van der Waals surface area contributed by atoms with E-state index < -0.39 is 0 Å². The highest BCUT2D eigenvalue weighted by molar-refractivity contribution is 5.83. The predicted octanol–water partition coefficient (Wildman–Crippen LogP) is 3.31. The molecule has 6 rings (SSSR count). The maximum Gasteiger partial charge on any atom is 0.226 e. The topological polar surface area (TPSA) is 38.1 Å². The van der Waals surface area contributed by atoms with Crippen LogP contribution in [0.3, 0.4) is 0 Å². The van der Waals surface area contributed by atoms with Gasteiger partial charge in [0.25, 0.3) is 0 Å². The van der Waals surface area contributed by atoms with E-state index in [1.54, 1.807) is 0 Å². The third-order valence-corrected chi connectivity index (χ3v) is 7.90. The van der Waals surface area contributed by atoms with Gasteiger partial charge in [-0.05, 0) is 49.4 Å². The Hall–Kier alpha value is -2.10. The van der Waals surface area contributed by atoms with Crippen molar-refractivity contribution >= 4 is 5.91 Å². The van der Waals surface area contributed by atoms with Crippen LogP contribution < -0.4 is 0 Å². The molecule has 1 aromatic heterocycles. The predicted molar refractivity (Wildman–Crippen MR) is 104 cm³/mol. The lowest BCUT2D eigenvalue weighted by Crippen LogP contribution is -2.36. The number of aromatic nitrogens is 2. The first-order valence-electron chi connectivity index (χ1n) is 10.6. The van der Waals surface area contributed by atoms with Gasteiger partial charge in [-0.1, -0.05) is 30.3 Å². The quantitative estimate of drug-likeness (QED) is 0.823. The number of nitrogens with zero attached hydrogens (tertiary/aromatic N) is 3. The lowest BCUT2D eigenvalue weighted by atomic mass is 10.0.